The van der Waals surface area contributed by atoms with Crippen molar-refractivity contribution in [3.05, 3.63) is 82.9 Å². The normalized spacial score (nSPS) is 16.4. The summed E-state index contributed by atoms with van der Waals surface area (Å²) in [4.78, 5) is 2.39. The molecule has 0 bridgehead atoms. The Bertz CT molecular complexity index is 897. The SMILES string of the molecule is C=C(C)c1cc(C(=C)N2CCC(c3ccc(C#N)cc3)C2)c(C)cc1C. The topological polar surface area (TPSA) is 27.0 Å². The molecule has 1 fully saturated rings. The molecule has 1 aliphatic rings. The van der Waals surface area contributed by atoms with Gasteiger partial charge in [-0.15, -0.1) is 0 Å². The third kappa shape index (κ3) is 3.44. The van der Waals surface area contributed by atoms with E-state index in [9.17, 15) is 0 Å². The third-order valence-corrected chi connectivity index (χ3v) is 5.42. The van der Waals surface area contributed by atoms with Crippen LogP contribution in [-0.4, -0.2) is 18.0 Å². The third-order valence-electron chi connectivity index (χ3n) is 5.42. The van der Waals surface area contributed by atoms with E-state index in [1.807, 2.05) is 12.1 Å². The van der Waals surface area contributed by atoms with Crippen LogP contribution in [0.15, 0.2) is 49.6 Å². The van der Waals surface area contributed by atoms with Gasteiger partial charge >= 0.3 is 0 Å². The van der Waals surface area contributed by atoms with E-state index < -0.39 is 0 Å². The lowest BCUT2D eigenvalue weighted by Gasteiger charge is -2.24. The molecule has 2 aromatic carbocycles. The van der Waals surface area contributed by atoms with Crippen molar-refractivity contribution in [3.8, 4) is 6.07 Å². The summed E-state index contributed by atoms with van der Waals surface area (Å²) in [5.74, 6) is 0.492. The molecule has 1 aliphatic heterocycles. The largest absolute Gasteiger partial charge is 0.371 e. The molecule has 2 nitrogen and oxygen atoms in total. The van der Waals surface area contributed by atoms with Crippen molar-refractivity contribution < 1.29 is 0 Å². The van der Waals surface area contributed by atoms with Gasteiger partial charge in [0.2, 0.25) is 0 Å². The van der Waals surface area contributed by atoms with Crippen molar-refractivity contribution in [1.82, 2.24) is 4.90 Å². The van der Waals surface area contributed by atoms with Gasteiger partial charge in [0.1, 0.15) is 0 Å². The highest BCUT2D eigenvalue weighted by molar-refractivity contribution is 5.73. The first-order valence-corrected chi connectivity index (χ1v) is 9.12. The Morgan fingerprint density at radius 2 is 1.73 bits per heavy atom. The molecule has 3 rings (SSSR count). The predicted molar refractivity (Wildman–Crippen MR) is 110 cm³/mol. The fourth-order valence-electron chi connectivity index (χ4n) is 3.90. The lowest BCUT2D eigenvalue weighted by Crippen LogP contribution is -2.19. The number of likely N-dealkylation sites (tertiary alicyclic amines) is 1. The van der Waals surface area contributed by atoms with E-state index >= 15 is 0 Å². The lowest BCUT2D eigenvalue weighted by molar-refractivity contribution is 0.485. The molecule has 0 aromatic heterocycles. The first kappa shape index (κ1) is 18.0. The molecule has 0 aliphatic carbocycles. The van der Waals surface area contributed by atoms with Crippen molar-refractivity contribution >= 4 is 11.3 Å². The number of nitriles is 1. The first-order valence-electron chi connectivity index (χ1n) is 9.12. The number of hydrogen-bond donors (Lipinski definition) is 0. The van der Waals surface area contributed by atoms with Crippen LogP contribution in [0.5, 0.6) is 0 Å². The highest BCUT2D eigenvalue weighted by Gasteiger charge is 2.26. The van der Waals surface area contributed by atoms with E-state index in [0.717, 1.165) is 36.3 Å². The number of benzene rings is 2. The van der Waals surface area contributed by atoms with Crippen molar-refractivity contribution in [2.45, 2.75) is 33.1 Å². The average Bonchev–Trinajstić information content (AvgIpc) is 3.11. The van der Waals surface area contributed by atoms with Gasteiger partial charge < -0.3 is 4.90 Å². The Hall–Kier alpha value is -2.79. The molecule has 0 radical (unpaired) electrons. The molecule has 0 amide bonds. The highest BCUT2D eigenvalue weighted by Crippen LogP contribution is 2.34. The maximum absolute atomic E-state index is 8.97. The van der Waals surface area contributed by atoms with Crippen molar-refractivity contribution in [2.75, 3.05) is 13.1 Å². The van der Waals surface area contributed by atoms with Gasteiger partial charge in [0, 0.05) is 30.3 Å². The van der Waals surface area contributed by atoms with E-state index in [0.29, 0.717) is 5.92 Å². The van der Waals surface area contributed by atoms with Gasteiger partial charge in [0.25, 0.3) is 0 Å². The summed E-state index contributed by atoms with van der Waals surface area (Å²) in [7, 11) is 0. The van der Waals surface area contributed by atoms with E-state index in [1.54, 1.807) is 0 Å². The zero-order valence-corrected chi connectivity index (χ0v) is 16.0. The van der Waals surface area contributed by atoms with Gasteiger partial charge in [-0.2, -0.15) is 5.26 Å². The Morgan fingerprint density at radius 1 is 1.08 bits per heavy atom. The molecule has 0 N–H and O–H groups in total. The van der Waals surface area contributed by atoms with E-state index in [-0.39, 0.29) is 0 Å². The molecule has 26 heavy (non-hydrogen) atoms. The van der Waals surface area contributed by atoms with E-state index in [2.05, 4.69) is 69.2 Å². The van der Waals surface area contributed by atoms with Crippen LogP contribution in [0.25, 0.3) is 11.3 Å². The molecule has 2 heteroatoms. The summed E-state index contributed by atoms with van der Waals surface area (Å²) in [6.45, 7) is 16.9. The standard InChI is InChI=1S/C24H26N2/c1-16(2)23-13-24(18(4)12-17(23)3)19(5)26-11-10-22(15-26)21-8-6-20(14-25)7-9-21/h6-9,12-13,22H,1,5,10-11,15H2,2-4H3. The monoisotopic (exact) mass is 342 g/mol. The van der Waals surface area contributed by atoms with E-state index in [1.165, 1.54) is 27.8 Å². The molecule has 1 atom stereocenters. The van der Waals surface area contributed by atoms with E-state index in [4.69, 9.17) is 5.26 Å². The molecule has 0 spiro atoms. The minimum absolute atomic E-state index is 0.492. The van der Waals surface area contributed by atoms with Crippen LogP contribution in [0.2, 0.25) is 0 Å². The first-order chi connectivity index (χ1) is 12.4. The van der Waals surface area contributed by atoms with Gasteiger partial charge in [0.15, 0.2) is 0 Å². The molecule has 132 valence electrons. The molecule has 1 unspecified atom stereocenters. The summed E-state index contributed by atoms with van der Waals surface area (Å²) in [5.41, 5.74) is 9.18. The second-order valence-corrected chi connectivity index (χ2v) is 7.37. The minimum Gasteiger partial charge on any atom is -0.371 e. The molecule has 1 heterocycles. The number of hydrogen-bond acceptors (Lipinski definition) is 2. The van der Waals surface area contributed by atoms with Crippen LogP contribution in [-0.2, 0) is 0 Å². The van der Waals surface area contributed by atoms with Crippen LogP contribution >= 0.6 is 0 Å². The molecule has 2 aromatic rings. The zero-order chi connectivity index (χ0) is 18.8. The van der Waals surface area contributed by atoms with Crippen molar-refractivity contribution in [3.63, 3.8) is 0 Å². The minimum atomic E-state index is 0.492. The molecular formula is C24H26N2. The number of rotatable bonds is 4. The number of aryl methyl sites for hydroxylation is 2. The maximum atomic E-state index is 8.97. The molecule has 0 saturated carbocycles. The lowest BCUT2D eigenvalue weighted by atomic mass is 9.94. The summed E-state index contributed by atoms with van der Waals surface area (Å²) >= 11 is 0. The molecule has 1 saturated heterocycles. The van der Waals surface area contributed by atoms with Gasteiger partial charge in [-0.05, 0) is 67.6 Å². The fraction of sp³-hybridized carbons (Fsp3) is 0.292. The van der Waals surface area contributed by atoms with Gasteiger partial charge in [0.05, 0.1) is 11.6 Å². The average molecular weight is 342 g/mol. The zero-order valence-electron chi connectivity index (χ0n) is 16.0. The summed E-state index contributed by atoms with van der Waals surface area (Å²) in [5, 5.41) is 8.97. The smallest absolute Gasteiger partial charge is 0.0991 e. The summed E-state index contributed by atoms with van der Waals surface area (Å²) in [6.07, 6.45) is 1.11. The maximum Gasteiger partial charge on any atom is 0.0991 e. The van der Waals surface area contributed by atoms with Crippen molar-refractivity contribution in [1.29, 1.82) is 5.26 Å². The van der Waals surface area contributed by atoms with Crippen molar-refractivity contribution in [2.24, 2.45) is 0 Å². The Labute approximate surface area is 157 Å². The predicted octanol–water partition coefficient (Wildman–Crippen LogP) is 5.67. The second-order valence-electron chi connectivity index (χ2n) is 7.37. The Balaban J connectivity index is 1.80. The summed E-state index contributed by atoms with van der Waals surface area (Å²) < 4.78 is 0. The summed E-state index contributed by atoms with van der Waals surface area (Å²) in [6, 6.07) is 14.7. The van der Waals surface area contributed by atoms with Gasteiger partial charge in [-0.3, -0.25) is 0 Å². The quantitative estimate of drug-likeness (QED) is 0.716. The Kier molecular flexibility index (Phi) is 5.00. The van der Waals surface area contributed by atoms with Crippen LogP contribution in [0.3, 0.4) is 0 Å². The van der Waals surface area contributed by atoms with Gasteiger partial charge in [-0.1, -0.05) is 36.9 Å². The molecular weight excluding hydrogens is 316 g/mol. The van der Waals surface area contributed by atoms with Crippen LogP contribution in [0.1, 0.15) is 52.6 Å². The highest BCUT2D eigenvalue weighted by atomic mass is 15.2. The van der Waals surface area contributed by atoms with Crippen LogP contribution in [0.4, 0.5) is 0 Å². The van der Waals surface area contributed by atoms with Crippen LogP contribution < -0.4 is 0 Å². The number of allylic oxidation sites excluding steroid dienone is 1. The van der Waals surface area contributed by atoms with Gasteiger partial charge in [-0.25, -0.2) is 0 Å². The van der Waals surface area contributed by atoms with Crippen LogP contribution in [0, 0.1) is 25.2 Å². The fourth-order valence-corrected chi connectivity index (χ4v) is 3.90. The number of nitrogens with zero attached hydrogens (tertiary/aromatic N) is 2. The Morgan fingerprint density at radius 3 is 2.35 bits per heavy atom. The second kappa shape index (κ2) is 7.22.